The number of carbonyl (C=O) groups excluding carboxylic acids is 1. The van der Waals surface area contributed by atoms with E-state index >= 15 is 0 Å². The number of aromatic nitrogens is 3. The molecular weight excluding hydrogens is 346 g/mol. The molecule has 2 N–H and O–H groups in total. The van der Waals surface area contributed by atoms with Gasteiger partial charge in [-0.05, 0) is 30.7 Å². The van der Waals surface area contributed by atoms with Gasteiger partial charge in [0.2, 0.25) is 0 Å². The summed E-state index contributed by atoms with van der Waals surface area (Å²) in [5, 5.41) is 28.1. The van der Waals surface area contributed by atoms with Crippen molar-refractivity contribution >= 4 is 28.6 Å². The third-order valence-corrected chi connectivity index (χ3v) is 4.26. The lowest BCUT2D eigenvalue weighted by molar-refractivity contribution is -0.150. The molecule has 1 heterocycles. The van der Waals surface area contributed by atoms with Gasteiger partial charge < -0.3 is 14.9 Å². The Balaban J connectivity index is 2.10. The summed E-state index contributed by atoms with van der Waals surface area (Å²) < 4.78 is 4.49. The number of benzene rings is 2. The van der Waals surface area contributed by atoms with Gasteiger partial charge in [-0.15, -0.1) is 26.6 Å². The van der Waals surface area contributed by atoms with Crippen LogP contribution in [-0.2, 0) is 9.53 Å². The molecule has 3 rings (SSSR count). The lowest BCUT2D eigenvalue weighted by atomic mass is 10.0. The van der Waals surface area contributed by atoms with Crippen LogP contribution in [0.4, 0.5) is 0 Å². The predicted octanol–water partition coefficient (Wildman–Crippen LogP) is 2.25. The Morgan fingerprint density at radius 2 is 1.84 bits per heavy atom. The normalized spacial score (nSPS) is 13.6. The minimum Gasteiger partial charge on any atom is -0.505 e. The number of fused-ring (bicyclic) bond motifs is 1. The molecule has 1 aromatic heterocycles. The van der Waals surface area contributed by atoms with Gasteiger partial charge in [-0.2, -0.15) is 0 Å². The fraction of sp³-hybridized carbons (Fsp3) is 0.235. The molecule has 2 aromatic carbocycles. The average Bonchev–Trinajstić information content (AvgIpc) is 3.05. The Morgan fingerprint density at radius 3 is 2.40 bits per heavy atom. The first-order valence-electron chi connectivity index (χ1n) is 7.48. The van der Waals surface area contributed by atoms with Crippen LogP contribution < -0.4 is 0 Å². The number of aliphatic hydroxyl groups excluding tert-OH is 1. The van der Waals surface area contributed by atoms with Crippen molar-refractivity contribution in [1.29, 1.82) is 0 Å². The molecule has 8 heteroatoms. The Kier molecular flexibility index (Phi) is 4.61. The number of nitrogens with zero attached hydrogens (tertiary/aromatic N) is 3. The van der Waals surface area contributed by atoms with Crippen molar-refractivity contribution in [1.82, 2.24) is 15.0 Å². The van der Waals surface area contributed by atoms with Crippen LogP contribution in [0.2, 0.25) is 0 Å². The predicted molar refractivity (Wildman–Crippen MR) is 91.9 cm³/mol. The SMILES string of the molecule is COC(=O)C(O)C(Cl)c1cc(C)cc(-n2nc3ccccc3n2)c1O. The van der Waals surface area contributed by atoms with E-state index in [1.165, 1.54) is 4.80 Å². The van der Waals surface area contributed by atoms with E-state index < -0.39 is 17.5 Å². The van der Waals surface area contributed by atoms with Crippen LogP contribution in [0.3, 0.4) is 0 Å². The number of aliphatic hydroxyl groups is 1. The zero-order valence-corrected chi connectivity index (χ0v) is 14.3. The third kappa shape index (κ3) is 3.16. The molecule has 0 saturated carbocycles. The number of aromatic hydroxyl groups is 1. The molecule has 2 atom stereocenters. The summed E-state index contributed by atoms with van der Waals surface area (Å²) in [5.41, 5.74) is 2.58. The van der Waals surface area contributed by atoms with Crippen molar-refractivity contribution in [3.63, 3.8) is 0 Å². The summed E-state index contributed by atoms with van der Waals surface area (Å²) in [6, 6.07) is 10.6. The molecule has 0 aliphatic carbocycles. The number of aryl methyl sites for hydroxylation is 1. The number of carbonyl (C=O) groups is 1. The molecule has 0 saturated heterocycles. The van der Waals surface area contributed by atoms with E-state index in [0.29, 0.717) is 16.7 Å². The fourth-order valence-electron chi connectivity index (χ4n) is 2.53. The van der Waals surface area contributed by atoms with Gasteiger partial charge >= 0.3 is 5.97 Å². The van der Waals surface area contributed by atoms with Gasteiger partial charge in [-0.25, -0.2) is 4.79 Å². The molecule has 0 amide bonds. The Morgan fingerprint density at radius 1 is 1.24 bits per heavy atom. The minimum atomic E-state index is -1.61. The number of hydrogen-bond acceptors (Lipinski definition) is 6. The van der Waals surface area contributed by atoms with Crippen LogP contribution in [0.1, 0.15) is 16.5 Å². The highest BCUT2D eigenvalue weighted by molar-refractivity contribution is 6.22. The zero-order valence-electron chi connectivity index (χ0n) is 13.5. The summed E-state index contributed by atoms with van der Waals surface area (Å²) >= 11 is 6.18. The maximum Gasteiger partial charge on any atom is 0.336 e. The molecule has 0 radical (unpaired) electrons. The molecule has 0 bridgehead atoms. The first-order valence-corrected chi connectivity index (χ1v) is 7.92. The number of ether oxygens (including phenoxy) is 1. The molecule has 0 fully saturated rings. The summed E-state index contributed by atoms with van der Waals surface area (Å²) in [5.74, 6) is -1.10. The standard InChI is InChI=1S/C17H16ClN3O4/c1-9-7-10(14(18)16(23)17(24)25-2)15(22)13(8-9)21-19-11-5-3-4-6-12(11)20-21/h3-8,14,16,22-23H,1-2H3. The largest absolute Gasteiger partial charge is 0.505 e. The van der Waals surface area contributed by atoms with Crippen LogP contribution in [-0.4, -0.2) is 44.4 Å². The van der Waals surface area contributed by atoms with E-state index in [-0.39, 0.29) is 11.3 Å². The number of rotatable bonds is 4. The second-order valence-corrected chi connectivity index (χ2v) is 6.04. The Bertz CT molecular complexity index is 908. The van der Waals surface area contributed by atoms with Crippen LogP contribution in [0, 0.1) is 6.92 Å². The van der Waals surface area contributed by atoms with Gasteiger partial charge in [0.25, 0.3) is 0 Å². The number of alkyl halides is 1. The molecule has 0 aliphatic rings. The van der Waals surface area contributed by atoms with E-state index in [0.717, 1.165) is 12.7 Å². The quantitative estimate of drug-likeness (QED) is 0.546. The Hall–Kier alpha value is -2.64. The third-order valence-electron chi connectivity index (χ3n) is 3.78. The number of hydrogen-bond donors (Lipinski definition) is 2. The maximum absolute atomic E-state index is 11.5. The number of methoxy groups -OCH3 is 1. The fourth-order valence-corrected chi connectivity index (χ4v) is 2.80. The van der Waals surface area contributed by atoms with Gasteiger partial charge in [0.1, 0.15) is 22.5 Å². The molecule has 0 aliphatic heterocycles. The van der Waals surface area contributed by atoms with Crippen molar-refractivity contribution in [3.8, 4) is 11.4 Å². The van der Waals surface area contributed by atoms with Gasteiger partial charge in [0, 0.05) is 5.56 Å². The van der Waals surface area contributed by atoms with Gasteiger partial charge in [-0.3, -0.25) is 0 Å². The van der Waals surface area contributed by atoms with Gasteiger partial charge in [0.05, 0.1) is 12.5 Å². The second-order valence-electron chi connectivity index (χ2n) is 5.57. The monoisotopic (exact) mass is 361 g/mol. The van der Waals surface area contributed by atoms with Crippen molar-refractivity contribution in [2.75, 3.05) is 7.11 Å². The van der Waals surface area contributed by atoms with Crippen LogP contribution >= 0.6 is 11.6 Å². The topological polar surface area (TPSA) is 97.5 Å². The first-order chi connectivity index (χ1) is 11.9. The summed E-state index contributed by atoms with van der Waals surface area (Å²) in [7, 11) is 1.15. The summed E-state index contributed by atoms with van der Waals surface area (Å²) in [4.78, 5) is 12.8. The average molecular weight is 362 g/mol. The van der Waals surface area contributed by atoms with E-state index in [1.54, 1.807) is 31.2 Å². The summed E-state index contributed by atoms with van der Waals surface area (Å²) in [6.45, 7) is 1.80. The molecule has 3 aromatic rings. The molecule has 130 valence electrons. The Labute approximate surface area is 148 Å². The number of phenolic OH excluding ortho intramolecular Hbond substituents is 1. The van der Waals surface area contributed by atoms with Crippen molar-refractivity contribution in [2.24, 2.45) is 0 Å². The lowest BCUT2D eigenvalue weighted by Crippen LogP contribution is -2.26. The van der Waals surface area contributed by atoms with Crippen molar-refractivity contribution in [3.05, 3.63) is 47.5 Å². The van der Waals surface area contributed by atoms with E-state index in [2.05, 4.69) is 14.9 Å². The van der Waals surface area contributed by atoms with Gasteiger partial charge in [-0.1, -0.05) is 18.2 Å². The number of phenols is 1. The summed E-state index contributed by atoms with van der Waals surface area (Å²) in [6.07, 6.45) is -1.61. The number of esters is 1. The highest BCUT2D eigenvalue weighted by Gasteiger charge is 2.30. The minimum absolute atomic E-state index is 0.191. The van der Waals surface area contributed by atoms with E-state index in [4.69, 9.17) is 11.6 Å². The number of halogens is 1. The first kappa shape index (κ1) is 17.2. The van der Waals surface area contributed by atoms with E-state index in [9.17, 15) is 15.0 Å². The molecule has 2 unspecified atom stereocenters. The maximum atomic E-state index is 11.5. The molecule has 7 nitrogen and oxygen atoms in total. The van der Waals surface area contributed by atoms with E-state index in [1.807, 2.05) is 12.1 Å². The van der Waals surface area contributed by atoms with Crippen LogP contribution in [0.5, 0.6) is 5.75 Å². The van der Waals surface area contributed by atoms with Crippen molar-refractivity contribution < 1.29 is 19.7 Å². The van der Waals surface area contributed by atoms with Crippen LogP contribution in [0.25, 0.3) is 16.7 Å². The highest BCUT2D eigenvalue weighted by Crippen LogP contribution is 2.37. The zero-order chi connectivity index (χ0) is 18.1. The second kappa shape index (κ2) is 6.70. The van der Waals surface area contributed by atoms with Gasteiger partial charge in [0.15, 0.2) is 6.10 Å². The lowest BCUT2D eigenvalue weighted by Gasteiger charge is -2.18. The highest BCUT2D eigenvalue weighted by atomic mass is 35.5. The smallest absolute Gasteiger partial charge is 0.336 e. The van der Waals surface area contributed by atoms with Crippen molar-refractivity contribution in [2.45, 2.75) is 18.4 Å². The molecule has 25 heavy (non-hydrogen) atoms. The molecule has 0 spiro atoms. The molecular formula is C17H16ClN3O4. The van der Waals surface area contributed by atoms with Crippen LogP contribution in [0.15, 0.2) is 36.4 Å².